The van der Waals surface area contributed by atoms with Crippen LogP contribution in [0.4, 0.5) is 4.39 Å². The molecule has 0 bridgehead atoms. The summed E-state index contributed by atoms with van der Waals surface area (Å²) >= 11 is 1.86. The first-order valence-electron chi connectivity index (χ1n) is 5.10. The summed E-state index contributed by atoms with van der Waals surface area (Å²) in [5.41, 5.74) is 12.7. The monoisotopic (exact) mass is 359 g/mol. The lowest BCUT2D eigenvalue weighted by Crippen LogP contribution is -2.15. The number of amidine groups is 1. The van der Waals surface area contributed by atoms with Crippen molar-refractivity contribution in [2.75, 3.05) is 4.43 Å². The Hall–Kier alpha value is -1.64. The average Bonchev–Trinajstić information content (AvgIpc) is 2.81. The molecular weight excluding hydrogens is 348 g/mol. The van der Waals surface area contributed by atoms with E-state index >= 15 is 0 Å². The second-order valence-corrected chi connectivity index (χ2v) is 4.29. The van der Waals surface area contributed by atoms with Crippen LogP contribution in [0.5, 0.6) is 0 Å². The molecule has 0 saturated heterocycles. The van der Waals surface area contributed by atoms with Crippen molar-refractivity contribution >= 4 is 39.5 Å². The minimum Gasteiger partial charge on any atom is -0.383 e. The van der Waals surface area contributed by atoms with E-state index in [1.54, 1.807) is 18.5 Å². The van der Waals surface area contributed by atoms with Crippen molar-refractivity contribution in [3.05, 3.63) is 41.7 Å². The number of nitrogens with one attached hydrogen (secondary N) is 1. The predicted octanol–water partition coefficient (Wildman–Crippen LogP) is 1.80. The van der Waals surface area contributed by atoms with Gasteiger partial charge in [0.1, 0.15) is 11.5 Å². The number of allylic oxidation sites excluding steroid dienone is 1. The number of aliphatic imine (C=N–C) groups is 1. The predicted molar refractivity (Wildman–Crippen MR) is 78.0 cm³/mol. The van der Waals surface area contributed by atoms with E-state index in [0.29, 0.717) is 11.2 Å². The van der Waals surface area contributed by atoms with Crippen molar-refractivity contribution in [1.29, 1.82) is 0 Å². The van der Waals surface area contributed by atoms with Gasteiger partial charge in [0.25, 0.3) is 0 Å². The van der Waals surface area contributed by atoms with Crippen LogP contribution in [0.3, 0.4) is 0 Å². The third kappa shape index (κ3) is 2.45. The maximum absolute atomic E-state index is 13.2. The average molecular weight is 359 g/mol. The normalized spacial score (nSPS) is 13.8. The van der Waals surface area contributed by atoms with Gasteiger partial charge in [-0.25, -0.2) is 14.4 Å². The van der Waals surface area contributed by atoms with Gasteiger partial charge < -0.3 is 16.5 Å². The van der Waals surface area contributed by atoms with E-state index in [-0.39, 0.29) is 16.1 Å². The Labute approximate surface area is 116 Å². The van der Waals surface area contributed by atoms with Crippen LogP contribution in [0.1, 0.15) is 5.56 Å². The van der Waals surface area contributed by atoms with Gasteiger partial charge in [-0.15, -0.1) is 0 Å². The lowest BCUT2D eigenvalue weighted by Gasteiger charge is -2.00. The molecule has 0 spiro atoms. The van der Waals surface area contributed by atoms with Crippen molar-refractivity contribution in [2.24, 2.45) is 16.5 Å². The number of H-pyrrole nitrogens is 1. The van der Waals surface area contributed by atoms with Crippen LogP contribution in [0.15, 0.2) is 41.2 Å². The van der Waals surface area contributed by atoms with Gasteiger partial charge in [-0.3, -0.25) is 0 Å². The first kappa shape index (κ1) is 12.8. The second kappa shape index (κ2) is 5.34. The number of pyridine rings is 1. The van der Waals surface area contributed by atoms with Crippen LogP contribution in [0.25, 0.3) is 11.0 Å². The van der Waals surface area contributed by atoms with Crippen molar-refractivity contribution in [1.82, 2.24) is 9.97 Å². The minimum absolute atomic E-state index is 0.159. The zero-order valence-corrected chi connectivity index (χ0v) is 11.5. The first-order valence-corrected chi connectivity index (χ1v) is 6.62. The summed E-state index contributed by atoms with van der Waals surface area (Å²) in [6, 6.07) is 3.64. The summed E-state index contributed by atoms with van der Waals surface area (Å²) in [5.74, 6) is -0.525. The van der Waals surface area contributed by atoms with Crippen LogP contribution < -0.4 is 11.5 Å². The summed E-state index contributed by atoms with van der Waals surface area (Å²) in [5, 5.41) is 0.821. The summed E-state index contributed by atoms with van der Waals surface area (Å²) < 4.78 is 13.4. The van der Waals surface area contributed by atoms with Crippen LogP contribution in [0, 0.1) is 0 Å². The fraction of sp³-hybridized carbons (Fsp3) is 0.0909. The number of aromatic amines is 1. The Kier molecular flexibility index (Phi) is 3.80. The van der Waals surface area contributed by atoms with Gasteiger partial charge in [0.15, 0.2) is 11.6 Å². The van der Waals surface area contributed by atoms with E-state index in [4.69, 9.17) is 11.5 Å². The lowest BCUT2D eigenvalue weighted by atomic mass is 10.2. The van der Waals surface area contributed by atoms with Gasteiger partial charge in [-0.05, 0) is 12.1 Å². The minimum atomic E-state index is -0.489. The number of halogens is 2. The molecule has 0 unspecified atom stereocenters. The summed E-state index contributed by atoms with van der Waals surface area (Å²) in [6.45, 7) is 0. The Morgan fingerprint density at radius 2 is 2.28 bits per heavy atom. The molecule has 0 atom stereocenters. The summed E-state index contributed by atoms with van der Waals surface area (Å²) in [7, 11) is 0. The molecule has 18 heavy (non-hydrogen) atoms. The number of aromatic nitrogens is 2. The van der Waals surface area contributed by atoms with Gasteiger partial charge in [0.05, 0.1) is 4.43 Å². The third-order valence-corrected chi connectivity index (χ3v) is 3.03. The molecule has 5 N–H and O–H groups in total. The Morgan fingerprint density at radius 1 is 1.50 bits per heavy atom. The fourth-order valence-corrected chi connectivity index (χ4v) is 1.88. The topological polar surface area (TPSA) is 93.1 Å². The number of hydrogen-bond donors (Lipinski definition) is 3. The molecule has 2 aromatic heterocycles. The largest absolute Gasteiger partial charge is 0.383 e. The fourth-order valence-electron chi connectivity index (χ4n) is 1.49. The molecule has 0 saturated carbocycles. The van der Waals surface area contributed by atoms with E-state index in [1.165, 1.54) is 0 Å². The van der Waals surface area contributed by atoms with Crippen molar-refractivity contribution in [3.8, 4) is 0 Å². The van der Waals surface area contributed by atoms with Gasteiger partial charge in [-0.1, -0.05) is 22.6 Å². The molecule has 0 aromatic carbocycles. The zero-order valence-electron chi connectivity index (χ0n) is 9.32. The van der Waals surface area contributed by atoms with Gasteiger partial charge in [-0.2, -0.15) is 0 Å². The second-order valence-electron chi connectivity index (χ2n) is 3.52. The highest BCUT2D eigenvalue weighted by Crippen LogP contribution is 2.16. The van der Waals surface area contributed by atoms with Crippen LogP contribution in [-0.4, -0.2) is 20.2 Å². The summed E-state index contributed by atoms with van der Waals surface area (Å²) in [6.07, 6.45) is 3.34. The van der Waals surface area contributed by atoms with Crippen molar-refractivity contribution in [2.45, 2.75) is 0 Å². The van der Waals surface area contributed by atoms with Gasteiger partial charge in [0, 0.05) is 23.3 Å². The molecule has 2 heterocycles. The number of alkyl halides is 1. The SMILES string of the molecule is NC(=N/C(N)=C(/F)CI)c1c[nH]c2ncccc12. The molecule has 2 aromatic rings. The van der Waals surface area contributed by atoms with E-state index in [1.807, 2.05) is 28.7 Å². The van der Waals surface area contributed by atoms with Crippen LogP contribution >= 0.6 is 22.6 Å². The molecule has 7 heteroatoms. The molecule has 2 rings (SSSR count). The molecule has 0 aliphatic rings. The highest BCUT2D eigenvalue weighted by atomic mass is 127. The number of hydrogen-bond acceptors (Lipinski definition) is 3. The highest BCUT2D eigenvalue weighted by molar-refractivity contribution is 14.1. The molecule has 0 aliphatic carbocycles. The molecule has 5 nitrogen and oxygen atoms in total. The molecule has 0 aliphatic heterocycles. The van der Waals surface area contributed by atoms with E-state index in [2.05, 4.69) is 15.0 Å². The lowest BCUT2D eigenvalue weighted by molar-refractivity contribution is 0.631. The molecular formula is C11H11FIN5. The van der Waals surface area contributed by atoms with Crippen molar-refractivity contribution < 1.29 is 4.39 Å². The molecule has 0 radical (unpaired) electrons. The smallest absolute Gasteiger partial charge is 0.158 e. The maximum Gasteiger partial charge on any atom is 0.158 e. The van der Waals surface area contributed by atoms with Crippen molar-refractivity contribution in [3.63, 3.8) is 0 Å². The third-order valence-electron chi connectivity index (χ3n) is 2.36. The quantitative estimate of drug-likeness (QED) is 0.338. The molecule has 0 amide bonds. The number of nitrogens with zero attached hydrogens (tertiary/aromatic N) is 2. The van der Waals surface area contributed by atoms with E-state index in [9.17, 15) is 4.39 Å². The van der Waals surface area contributed by atoms with Crippen LogP contribution in [-0.2, 0) is 0 Å². The number of fused-ring (bicyclic) bond motifs is 1. The number of rotatable bonds is 3. The van der Waals surface area contributed by atoms with Gasteiger partial charge in [0.2, 0.25) is 0 Å². The van der Waals surface area contributed by atoms with E-state index in [0.717, 1.165) is 5.39 Å². The Morgan fingerprint density at radius 3 is 3.00 bits per heavy atom. The van der Waals surface area contributed by atoms with E-state index < -0.39 is 5.83 Å². The number of nitrogens with two attached hydrogens (primary N) is 2. The Balaban J connectivity index is 2.46. The highest BCUT2D eigenvalue weighted by Gasteiger charge is 2.08. The standard InChI is InChI=1S/C11H11FIN5/c12-8(4-13)10(15)18-9(14)7-5-17-11-6(7)2-1-3-16-11/h1-3,5H,4,15H2,(H2,14,18)(H,16,17)/b10-8+. The van der Waals surface area contributed by atoms with Gasteiger partial charge >= 0.3 is 0 Å². The summed E-state index contributed by atoms with van der Waals surface area (Å²) in [4.78, 5) is 11.0. The molecule has 94 valence electrons. The Bertz CT molecular complexity index is 631. The first-order chi connectivity index (χ1) is 8.63. The molecule has 0 fully saturated rings. The zero-order chi connectivity index (χ0) is 13.1. The van der Waals surface area contributed by atoms with Crippen LogP contribution in [0.2, 0.25) is 0 Å². The maximum atomic E-state index is 13.2.